The molecule has 0 radical (unpaired) electrons. The van der Waals surface area contributed by atoms with E-state index in [1.165, 1.54) is 38.9 Å². The van der Waals surface area contributed by atoms with Crippen LogP contribution in [0.15, 0.2) is 0 Å². The summed E-state index contributed by atoms with van der Waals surface area (Å²) >= 11 is 0. The van der Waals surface area contributed by atoms with Gasteiger partial charge in [-0.2, -0.15) is 0 Å². The predicted octanol–water partition coefficient (Wildman–Crippen LogP) is 1.95. The molecule has 0 spiro atoms. The molecule has 3 aliphatic rings. The van der Waals surface area contributed by atoms with Crippen molar-refractivity contribution in [2.75, 3.05) is 19.6 Å². The Kier molecular flexibility index (Phi) is 2.16. The Labute approximate surface area is 93.6 Å². The summed E-state index contributed by atoms with van der Waals surface area (Å²) in [5.74, 6) is 0. The van der Waals surface area contributed by atoms with Crippen LogP contribution < -0.4 is 0 Å². The SMILES string of the molecule is CC1CN2CCCC2CN1C1CC1(C)C. The third-order valence-electron chi connectivity index (χ3n) is 4.85. The molecule has 3 rings (SSSR count). The van der Waals surface area contributed by atoms with Crippen molar-refractivity contribution in [1.29, 1.82) is 0 Å². The summed E-state index contributed by atoms with van der Waals surface area (Å²) in [5, 5.41) is 0. The van der Waals surface area contributed by atoms with Crippen molar-refractivity contribution in [2.45, 2.75) is 58.2 Å². The van der Waals surface area contributed by atoms with Crippen molar-refractivity contribution in [3.63, 3.8) is 0 Å². The van der Waals surface area contributed by atoms with Gasteiger partial charge in [0.15, 0.2) is 0 Å². The summed E-state index contributed by atoms with van der Waals surface area (Å²) in [5.41, 5.74) is 0.606. The maximum absolute atomic E-state index is 2.80. The molecule has 0 aromatic carbocycles. The Balaban J connectivity index is 1.69. The Morgan fingerprint density at radius 1 is 1.20 bits per heavy atom. The molecule has 3 fully saturated rings. The highest BCUT2D eigenvalue weighted by Gasteiger charge is 2.52. The molecule has 2 aliphatic heterocycles. The summed E-state index contributed by atoms with van der Waals surface area (Å²) in [4.78, 5) is 5.52. The fourth-order valence-electron chi connectivity index (χ4n) is 3.65. The third kappa shape index (κ3) is 1.62. The number of hydrogen-bond acceptors (Lipinski definition) is 2. The van der Waals surface area contributed by atoms with Crippen molar-refractivity contribution in [1.82, 2.24) is 9.80 Å². The van der Waals surface area contributed by atoms with Crippen LogP contribution in [0, 0.1) is 5.41 Å². The average Bonchev–Trinajstić information content (AvgIpc) is 2.60. The zero-order valence-electron chi connectivity index (χ0n) is 10.4. The maximum atomic E-state index is 2.80. The fraction of sp³-hybridized carbons (Fsp3) is 1.00. The lowest BCUT2D eigenvalue weighted by molar-refractivity contribution is 0.0457. The van der Waals surface area contributed by atoms with Crippen LogP contribution in [0.3, 0.4) is 0 Å². The smallest absolute Gasteiger partial charge is 0.0224 e. The third-order valence-corrected chi connectivity index (χ3v) is 4.85. The normalized spacial score (nSPS) is 45.4. The minimum absolute atomic E-state index is 0.606. The lowest BCUT2D eigenvalue weighted by Gasteiger charge is -2.43. The molecule has 15 heavy (non-hydrogen) atoms. The fourth-order valence-corrected chi connectivity index (χ4v) is 3.65. The maximum Gasteiger partial charge on any atom is 0.0224 e. The zero-order chi connectivity index (χ0) is 10.6. The second kappa shape index (κ2) is 3.21. The highest BCUT2D eigenvalue weighted by molar-refractivity contribution is 5.06. The molecule has 3 atom stereocenters. The summed E-state index contributed by atoms with van der Waals surface area (Å²) in [6.07, 6.45) is 4.29. The van der Waals surface area contributed by atoms with Gasteiger partial charge < -0.3 is 0 Å². The standard InChI is InChI=1S/C13H24N2/c1-10-8-14-6-4-5-11(14)9-15(10)12-7-13(12,2)3/h10-12H,4-9H2,1-3H3. The largest absolute Gasteiger partial charge is 0.298 e. The minimum Gasteiger partial charge on any atom is -0.298 e. The highest BCUT2D eigenvalue weighted by atomic mass is 15.3. The van der Waals surface area contributed by atoms with Gasteiger partial charge in [0.2, 0.25) is 0 Å². The molecule has 0 bridgehead atoms. The van der Waals surface area contributed by atoms with Crippen LogP contribution >= 0.6 is 0 Å². The van der Waals surface area contributed by atoms with Crippen molar-refractivity contribution < 1.29 is 0 Å². The van der Waals surface area contributed by atoms with E-state index in [2.05, 4.69) is 30.6 Å². The van der Waals surface area contributed by atoms with Crippen LogP contribution in [0.1, 0.15) is 40.0 Å². The Bertz CT molecular complexity index is 261. The van der Waals surface area contributed by atoms with Gasteiger partial charge in [-0.25, -0.2) is 0 Å². The van der Waals surface area contributed by atoms with Crippen LogP contribution in [0.4, 0.5) is 0 Å². The first-order valence-corrected chi connectivity index (χ1v) is 6.58. The van der Waals surface area contributed by atoms with Gasteiger partial charge in [0.1, 0.15) is 0 Å². The van der Waals surface area contributed by atoms with Gasteiger partial charge in [0.25, 0.3) is 0 Å². The second-order valence-corrected chi connectivity index (χ2v) is 6.55. The number of rotatable bonds is 1. The topological polar surface area (TPSA) is 6.48 Å². The predicted molar refractivity (Wildman–Crippen MR) is 62.9 cm³/mol. The van der Waals surface area contributed by atoms with Crippen LogP contribution in [0.25, 0.3) is 0 Å². The summed E-state index contributed by atoms with van der Waals surface area (Å²) in [7, 11) is 0. The Morgan fingerprint density at radius 2 is 1.93 bits per heavy atom. The van der Waals surface area contributed by atoms with E-state index in [9.17, 15) is 0 Å². The van der Waals surface area contributed by atoms with E-state index >= 15 is 0 Å². The molecular weight excluding hydrogens is 184 g/mol. The molecule has 0 aromatic rings. The molecule has 86 valence electrons. The molecule has 0 aromatic heterocycles. The van der Waals surface area contributed by atoms with Gasteiger partial charge >= 0.3 is 0 Å². The first-order chi connectivity index (χ1) is 7.08. The Morgan fingerprint density at radius 3 is 2.60 bits per heavy atom. The zero-order valence-corrected chi connectivity index (χ0v) is 10.4. The van der Waals surface area contributed by atoms with Crippen molar-refractivity contribution in [3.8, 4) is 0 Å². The lowest BCUT2D eigenvalue weighted by Crippen LogP contribution is -2.56. The highest BCUT2D eigenvalue weighted by Crippen LogP contribution is 2.50. The number of fused-ring (bicyclic) bond motifs is 1. The molecular formula is C13H24N2. The van der Waals surface area contributed by atoms with Gasteiger partial charge in [0, 0.05) is 31.2 Å². The first-order valence-electron chi connectivity index (χ1n) is 6.58. The molecule has 1 aliphatic carbocycles. The van der Waals surface area contributed by atoms with Crippen LogP contribution in [-0.4, -0.2) is 47.6 Å². The van der Waals surface area contributed by atoms with Crippen molar-refractivity contribution >= 4 is 0 Å². The molecule has 2 nitrogen and oxygen atoms in total. The molecule has 3 unspecified atom stereocenters. The van der Waals surface area contributed by atoms with Crippen molar-refractivity contribution in [3.05, 3.63) is 0 Å². The minimum atomic E-state index is 0.606. The summed E-state index contributed by atoms with van der Waals surface area (Å²) in [6, 6.07) is 2.55. The van der Waals surface area contributed by atoms with E-state index in [-0.39, 0.29) is 0 Å². The quantitative estimate of drug-likeness (QED) is 0.650. The van der Waals surface area contributed by atoms with E-state index in [1.807, 2.05) is 0 Å². The van der Waals surface area contributed by atoms with Gasteiger partial charge in [-0.15, -0.1) is 0 Å². The van der Waals surface area contributed by atoms with Crippen LogP contribution in [0.5, 0.6) is 0 Å². The van der Waals surface area contributed by atoms with E-state index in [1.54, 1.807) is 0 Å². The van der Waals surface area contributed by atoms with Gasteiger partial charge in [-0.3, -0.25) is 9.80 Å². The van der Waals surface area contributed by atoms with Crippen LogP contribution in [0.2, 0.25) is 0 Å². The summed E-state index contributed by atoms with van der Waals surface area (Å²) in [6.45, 7) is 11.3. The molecule has 2 heteroatoms. The monoisotopic (exact) mass is 208 g/mol. The molecule has 2 saturated heterocycles. The second-order valence-electron chi connectivity index (χ2n) is 6.55. The van der Waals surface area contributed by atoms with E-state index in [4.69, 9.17) is 0 Å². The van der Waals surface area contributed by atoms with Gasteiger partial charge in [-0.05, 0) is 38.1 Å². The van der Waals surface area contributed by atoms with E-state index < -0.39 is 0 Å². The van der Waals surface area contributed by atoms with Gasteiger partial charge in [0.05, 0.1) is 0 Å². The first kappa shape index (κ1) is 10.1. The molecule has 0 amide bonds. The number of hydrogen-bond donors (Lipinski definition) is 0. The van der Waals surface area contributed by atoms with E-state index in [0.29, 0.717) is 5.41 Å². The molecule has 1 saturated carbocycles. The van der Waals surface area contributed by atoms with Crippen molar-refractivity contribution in [2.24, 2.45) is 5.41 Å². The van der Waals surface area contributed by atoms with Gasteiger partial charge in [-0.1, -0.05) is 13.8 Å². The Hall–Kier alpha value is -0.0800. The molecule has 2 heterocycles. The number of nitrogens with zero attached hydrogens (tertiary/aromatic N) is 2. The van der Waals surface area contributed by atoms with Crippen LogP contribution in [-0.2, 0) is 0 Å². The van der Waals surface area contributed by atoms with E-state index in [0.717, 1.165) is 18.1 Å². The molecule has 0 N–H and O–H groups in total. The average molecular weight is 208 g/mol. The number of piperazine rings is 1. The lowest BCUT2D eigenvalue weighted by atomic mass is 10.1. The summed E-state index contributed by atoms with van der Waals surface area (Å²) < 4.78 is 0.